The van der Waals surface area contributed by atoms with Gasteiger partial charge in [0.05, 0.1) is 17.8 Å². The number of halogens is 3. The standard InChI is InChI=1S/C15H19F3N2O/c1-20(11-6-2-3-7-11)10-14(21)19-13-9-5-4-8-12(13)15(16,17)18/h4-5,8-9,11H,2-3,6-7,10H2,1H3,(H,19,21). The number of likely N-dealkylation sites (N-methyl/N-ethyl adjacent to an activating group) is 1. The maximum Gasteiger partial charge on any atom is 0.418 e. The summed E-state index contributed by atoms with van der Waals surface area (Å²) in [6.45, 7) is 0.108. The molecule has 0 spiro atoms. The summed E-state index contributed by atoms with van der Waals surface area (Å²) in [5.74, 6) is -0.416. The fourth-order valence-electron chi connectivity index (χ4n) is 2.73. The van der Waals surface area contributed by atoms with Crippen molar-refractivity contribution in [1.29, 1.82) is 0 Å². The molecule has 1 aliphatic carbocycles. The molecule has 1 fully saturated rings. The summed E-state index contributed by atoms with van der Waals surface area (Å²) in [4.78, 5) is 13.9. The second-order valence-corrected chi connectivity index (χ2v) is 5.44. The van der Waals surface area contributed by atoms with Crippen LogP contribution in [0.5, 0.6) is 0 Å². The minimum Gasteiger partial charge on any atom is -0.324 e. The molecule has 1 N–H and O–H groups in total. The molecule has 0 atom stereocenters. The minimum atomic E-state index is -4.47. The van der Waals surface area contributed by atoms with Crippen LogP contribution in [-0.4, -0.2) is 30.4 Å². The molecule has 1 aromatic rings. The summed E-state index contributed by atoms with van der Waals surface area (Å²) in [5, 5.41) is 2.37. The number of amides is 1. The first-order chi connectivity index (χ1) is 9.88. The van der Waals surface area contributed by atoms with Gasteiger partial charge in [-0.3, -0.25) is 9.69 Å². The molecule has 6 heteroatoms. The smallest absolute Gasteiger partial charge is 0.324 e. The zero-order valence-corrected chi connectivity index (χ0v) is 11.9. The maximum atomic E-state index is 12.8. The quantitative estimate of drug-likeness (QED) is 0.922. The Kier molecular flexibility index (Phi) is 4.88. The number of para-hydroxylation sites is 1. The van der Waals surface area contributed by atoms with E-state index in [1.807, 2.05) is 11.9 Å². The van der Waals surface area contributed by atoms with Crippen molar-refractivity contribution >= 4 is 11.6 Å². The Morgan fingerprint density at radius 1 is 1.29 bits per heavy atom. The van der Waals surface area contributed by atoms with Crippen LogP contribution in [0, 0.1) is 0 Å². The number of anilines is 1. The van der Waals surface area contributed by atoms with Gasteiger partial charge in [-0.15, -0.1) is 0 Å². The number of hydrogen-bond acceptors (Lipinski definition) is 2. The van der Waals surface area contributed by atoms with E-state index in [1.165, 1.54) is 18.2 Å². The van der Waals surface area contributed by atoms with Gasteiger partial charge in [0.25, 0.3) is 0 Å². The summed E-state index contributed by atoms with van der Waals surface area (Å²) < 4.78 is 38.5. The predicted octanol–water partition coefficient (Wildman–Crippen LogP) is 3.52. The molecular weight excluding hydrogens is 281 g/mol. The molecule has 1 amide bonds. The van der Waals surface area contributed by atoms with Crippen LogP contribution in [0.4, 0.5) is 18.9 Å². The van der Waals surface area contributed by atoms with Gasteiger partial charge in [-0.1, -0.05) is 25.0 Å². The van der Waals surface area contributed by atoms with Gasteiger partial charge in [0.1, 0.15) is 0 Å². The van der Waals surface area contributed by atoms with E-state index in [1.54, 1.807) is 0 Å². The number of hydrogen-bond donors (Lipinski definition) is 1. The normalized spacial score (nSPS) is 16.4. The van der Waals surface area contributed by atoms with Crippen LogP contribution in [-0.2, 0) is 11.0 Å². The predicted molar refractivity (Wildman–Crippen MR) is 75.0 cm³/mol. The van der Waals surface area contributed by atoms with E-state index in [0.29, 0.717) is 6.04 Å². The molecule has 3 nitrogen and oxygen atoms in total. The van der Waals surface area contributed by atoms with Crippen LogP contribution in [0.3, 0.4) is 0 Å². The molecule has 0 bridgehead atoms. The minimum absolute atomic E-state index is 0.108. The number of benzene rings is 1. The molecule has 1 saturated carbocycles. The molecule has 1 aromatic carbocycles. The van der Waals surface area contributed by atoms with Crippen molar-refractivity contribution in [3.63, 3.8) is 0 Å². The van der Waals surface area contributed by atoms with Crippen LogP contribution in [0.1, 0.15) is 31.2 Å². The molecule has 0 aromatic heterocycles. The lowest BCUT2D eigenvalue weighted by Gasteiger charge is -2.23. The van der Waals surface area contributed by atoms with Crippen molar-refractivity contribution in [3.05, 3.63) is 29.8 Å². The van der Waals surface area contributed by atoms with Gasteiger partial charge in [0.2, 0.25) is 5.91 Å². The molecule has 116 valence electrons. The van der Waals surface area contributed by atoms with Gasteiger partial charge in [-0.05, 0) is 32.0 Å². The van der Waals surface area contributed by atoms with E-state index in [-0.39, 0.29) is 12.2 Å². The molecule has 0 radical (unpaired) electrons. The SMILES string of the molecule is CN(CC(=O)Nc1ccccc1C(F)(F)F)C1CCCC1. The number of carbonyl (C=O) groups excluding carboxylic acids is 1. The molecule has 0 saturated heterocycles. The average molecular weight is 300 g/mol. The molecule has 21 heavy (non-hydrogen) atoms. The number of alkyl halides is 3. The van der Waals surface area contributed by atoms with Crippen molar-refractivity contribution in [2.45, 2.75) is 37.9 Å². The zero-order valence-electron chi connectivity index (χ0n) is 11.9. The van der Waals surface area contributed by atoms with E-state index in [4.69, 9.17) is 0 Å². The first-order valence-corrected chi connectivity index (χ1v) is 7.04. The Morgan fingerprint density at radius 2 is 1.90 bits per heavy atom. The van der Waals surface area contributed by atoms with Gasteiger partial charge in [0, 0.05) is 6.04 Å². The van der Waals surface area contributed by atoms with Crippen molar-refractivity contribution in [1.82, 2.24) is 4.90 Å². The van der Waals surface area contributed by atoms with Gasteiger partial charge >= 0.3 is 6.18 Å². The van der Waals surface area contributed by atoms with Crippen molar-refractivity contribution in [2.75, 3.05) is 18.9 Å². The maximum absolute atomic E-state index is 12.8. The van der Waals surface area contributed by atoms with Crippen molar-refractivity contribution in [3.8, 4) is 0 Å². The van der Waals surface area contributed by atoms with Gasteiger partial charge < -0.3 is 5.32 Å². The zero-order chi connectivity index (χ0) is 15.5. The Hall–Kier alpha value is -1.56. The lowest BCUT2D eigenvalue weighted by atomic mass is 10.1. The fraction of sp³-hybridized carbons (Fsp3) is 0.533. The van der Waals surface area contributed by atoms with Crippen LogP contribution in [0.15, 0.2) is 24.3 Å². The first kappa shape index (κ1) is 15.8. The lowest BCUT2D eigenvalue weighted by Crippen LogP contribution is -2.36. The highest BCUT2D eigenvalue weighted by atomic mass is 19.4. The van der Waals surface area contributed by atoms with E-state index in [2.05, 4.69) is 5.32 Å². The highest BCUT2D eigenvalue weighted by Gasteiger charge is 2.33. The molecule has 1 aliphatic rings. The van der Waals surface area contributed by atoms with Crippen LogP contribution < -0.4 is 5.32 Å². The van der Waals surface area contributed by atoms with E-state index in [0.717, 1.165) is 31.7 Å². The summed E-state index contributed by atoms with van der Waals surface area (Å²) >= 11 is 0. The number of nitrogens with zero attached hydrogens (tertiary/aromatic N) is 1. The second-order valence-electron chi connectivity index (χ2n) is 5.44. The summed E-state index contributed by atoms with van der Waals surface area (Å²) in [6, 6.07) is 5.38. The van der Waals surface area contributed by atoms with E-state index >= 15 is 0 Å². The Bertz CT molecular complexity index is 496. The third kappa shape index (κ3) is 4.20. The monoisotopic (exact) mass is 300 g/mol. The third-order valence-electron chi connectivity index (χ3n) is 3.85. The number of carbonyl (C=O) groups is 1. The summed E-state index contributed by atoms with van der Waals surface area (Å²) in [5.41, 5.74) is -1.00. The highest BCUT2D eigenvalue weighted by molar-refractivity contribution is 5.93. The molecule has 2 rings (SSSR count). The largest absolute Gasteiger partial charge is 0.418 e. The first-order valence-electron chi connectivity index (χ1n) is 7.04. The Morgan fingerprint density at radius 3 is 2.52 bits per heavy atom. The van der Waals surface area contributed by atoms with Crippen molar-refractivity contribution in [2.24, 2.45) is 0 Å². The Labute approximate surface area is 122 Å². The molecular formula is C15H19F3N2O. The second kappa shape index (κ2) is 6.47. The fourth-order valence-corrected chi connectivity index (χ4v) is 2.73. The Balaban J connectivity index is 1.99. The molecule has 0 heterocycles. The molecule has 0 unspecified atom stereocenters. The van der Waals surface area contributed by atoms with Gasteiger partial charge in [-0.2, -0.15) is 13.2 Å². The van der Waals surface area contributed by atoms with E-state index < -0.39 is 17.6 Å². The summed E-state index contributed by atoms with van der Waals surface area (Å²) in [7, 11) is 1.84. The van der Waals surface area contributed by atoms with Crippen LogP contribution in [0.2, 0.25) is 0 Å². The number of nitrogens with one attached hydrogen (secondary N) is 1. The summed E-state index contributed by atoms with van der Waals surface area (Å²) in [6.07, 6.45) is -0.0892. The number of rotatable bonds is 4. The van der Waals surface area contributed by atoms with Crippen molar-refractivity contribution < 1.29 is 18.0 Å². The van der Waals surface area contributed by atoms with E-state index in [9.17, 15) is 18.0 Å². The molecule has 0 aliphatic heterocycles. The average Bonchev–Trinajstić information content (AvgIpc) is 2.91. The third-order valence-corrected chi connectivity index (χ3v) is 3.85. The van der Waals surface area contributed by atoms with Crippen LogP contribution in [0.25, 0.3) is 0 Å². The van der Waals surface area contributed by atoms with Gasteiger partial charge in [0.15, 0.2) is 0 Å². The van der Waals surface area contributed by atoms with Crippen LogP contribution >= 0.6 is 0 Å². The topological polar surface area (TPSA) is 32.3 Å². The lowest BCUT2D eigenvalue weighted by molar-refractivity contribution is -0.137. The highest BCUT2D eigenvalue weighted by Crippen LogP contribution is 2.34. The van der Waals surface area contributed by atoms with Gasteiger partial charge in [-0.25, -0.2) is 0 Å².